The number of nitrogens with zero attached hydrogens (tertiary/aromatic N) is 3. The minimum Gasteiger partial charge on any atom is -0.480 e. The van der Waals surface area contributed by atoms with Crippen LogP contribution in [0.4, 0.5) is 0 Å². The number of aliphatic carboxylic acids is 4. The molecule has 3 atom stereocenters. The molecule has 6 amide bonds. The topological polar surface area (TPSA) is 261 Å². The molecule has 0 aromatic heterocycles. The first-order valence-electron chi connectivity index (χ1n) is 25.0. The van der Waals surface area contributed by atoms with E-state index in [9.17, 15) is 68.4 Å². The van der Waals surface area contributed by atoms with Crippen LogP contribution in [0.1, 0.15) is 141 Å². The summed E-state index contributed by atoms with van der Waals surface area (Å²) in [6, 6.07) is 43.8. The van der Waals surface area contributed by atoms with Crippen LogP contribution in [0.15, 0.2) is 164 Å². The number of hydrogen-bond donors (Lipinski definition) is 4. The molecule has 0 saturated heterocycles. The SMILES string of the molecule is CC(C)(C)[C@@H](C(=O)O)N1C(=O)c2ccccc2C1=O.CC(C)(C)[C@@H](C(=O)O)N1C(=O)c2ccccc2C1=O.CC(C)(C)[C@@H](C(=O)O)N1C(=O)c2ccccc2C1=O.O=C(O)C(c1ccccc1)(c1ccccc1)c1ccccc1.[Rh].[Rh]. The Kier molecular flexibility index (Phi) is 21.0. The Morgan fingerprint density at radius 1 is 0.309 bits per heavy atom. The molecule has 17 nitrogen and oxygen atoms in total. The fourth-order valence-electron chi connectivity index (χ4n) is 9.87. The zero-order valence-electron chi connectivity index (χ0n) is 45.7. The summed E-state index contributed by atoms with van der Waals surface area (Å²) in [5.41, 5.74) is 0.434. The second-order valence-corrected chi connectivity index (χ2v) is 22.1. The fraction of sp³-hybridized carbons (Fsp3) is 0.258. The maximum atomic E-state index is 12.4. The van der Waals surface area contributed by atoms with Crippen LogP contribution in [0.25, 0.3) is 0 Å². The Balaban J connectivity index is 0.000000231. The summed E-state index contributed by atoms with van der Waals surface area (Å²) in [4.78, 5) is 123. The zero-order valence-corrected chi connectivity index (χ0v) is 49.0. The standard InChI is InChI=1S/C20H16O2.3C14H15NO4.2Rh/c21-19(22)20(16-10-4-1-5-11-16,17-12-6-2-7-13-17)18-14-8-3-9-15-18;3*1-14(2,3)10(13(18)19)15-11(16)8-6-4-5-7-9(8)12(15)17;;/h1-15H,(H,21,22);3*4-7,10H,1-3H3,(H,18,19);;/t;3*10-;;/m.111../s1. The molecule has 9 rings (SSSR count). The van der Waals surface area contributed by atoms with Crippen LogP contribution in [0.3, 0.4) is 0 Å². The van der Waals surface area contributed by atoms with Gasteiger partial charge in [-0.25, -0.2) is 14.4 Å². The molecular formula is C62H61N3O14Rh2. The summed E-state index contributed by atoms with van der Waals surface area (Å²) < 4.78 is 0. The van der Waals surface area contributed by atoms with Crippen molar-refractivity contribution < 1.29 is 107 Å². The van der Waals surface area contributed by atoms with E-state index in [-0.39, 0.29) is 72.3 Å². The van der Waals surface area contributed by atoms with E-state index in [4.69, 9.17) is 0 Å². The van der Waals surface area contributed by atoms with Crippen molar-refractivity contribution in [1.82, 2.24) is 14.7 Å². The maximum absolute atomic E-state index is 12.4. The van der Waals surface area contributed by atoms with Gasteiger partial charge in [0, 0.05) is 39.0 Å². The first-order valence-corrected chi connectivity index (χ1v) is 25.0. The smallest absolute Gasteiger partial charge is 0.327 e. The van der Waals surface area contributed by atoms with Crippen molar-refractivity contribution in [2.24, 2.45) is 16.2 Å². The maximum Gasteiger partial charge on any atom is 0.327 e. The predicted octanol–water partition coefficient (Wildman–Crippen LogP) is 9.45. The molecule has 19 heteroatoms. The second kappa shape index (κ2) is 26.0. The van der Waals surface area contributed by atoms with Gasteiger partial charge in [-0.1, -0.05) is 190 Å². The van der Waals surface area contributed by atoms with Crippen LogP contribution < -0.4 is 0 Å². The minimum atomic E-state index is -1.20. The average Bonchev–Trinajstić information content (AvgIpc) is 3.89. The molecule has 0 bridgehead atoms. The normalized spacial score (nSPS) is 14.6. The molecule has 0 unspecified atom stereocenters. The van der Waals surface area contributed by atoms with E-state index in [1.807, 2.05) is 91.0 Å². The van der Waals surface area contributed by atoms with Gasteiger partial charge in [0.15, 0.2) is 0 Å². The average molecular weight is 1280 g/mol. The number of rotatable bonds is 10. The molecule has 2 radical (unpaired) electrons. The van der Waals surface area contributed by atoms with Gasteiger partial charge in [0.25, 0.3) is 35.4 Å². The van der Waals surface area contributed by atoms with E-state index >= 15 is 0 Å². The van der Waals surface area contributed by atoms with Crippen molar-refractivity contribution in [3.63, 3.8) is 0 Å². The zero-order chi connectivity index (χ0) is 58.5. The number of carboxylic acids is 4. The van der Waals surface area contributed by atoms with Crippen LogP contribution in [-0.2, 0) is 63.5 Å². The molecule has 4 N–H and O–H groups in total. The quantitative estimate of drug-likeness (QED) is 0.0566. The van der Waals surface area contributed by atoms with E-state index in [0.29, 0.717) is 0 Å². The van der Waals surface area contributed by atoms with E-state index in [0.717, 1.165) is 31.4 Å². The number of imide groups is 3. The first kappa shape index (κ1) is 65.4. The summed E-state index contributed by atoms with van der Waals surface area (Å²) in [6.45, 7) is 15.2. The molecule has 0 aliphatic carbocycles. The number of carbonyl (C=O) groups is 10. The Morgan fingerprint density at radius 2 is 0.469 bits per heavy atom. The molecule has 0 spiro atoms. The van der Waals surface area contributed by atoms with E-state index in [1.165, 1.54) is 36.4 Å². The van der Waals surface area contributed by atoms with Crippen LogP contribution >= 0.6 is 0 Å². The Bertz CT molecular complexity index is 2920. The molecule has 426 valence electrons. The number of carboxylic acid groups (broad SMARTS) is 4. The van der Waals surface area contributed by atoms with Crippen molar-refractivity contribution >= 4 is 59.3 Å². The van der Waals surface area contributed by atoms with Gasteiger partial charge in [-0.2, -0.15) is 0 Å². The number of amides is 6. The van der Waals surface area contributed by atoms with E-state index < -0.39 is 99.1 Å². The van der Waals surface area contributed by atoms with Crippen molar-refractivity contribution in [3.8, 4) is 0 Å². The van der Waals surface area contributed by atoms with Gasteiger partial charge < -0.3 is 20.4 Å². The van der Waals surface area contributed by atoms with Gasteiger partial charge in [0.2, 0.25) is 0 Å². The van der Waals surface area contributed by atoms with E-state index in [1.54, 1.807) is 98.7 Å². The molecular weight excluding hydrogens is 1220 g/mol. The van der Waals surface area contributed by atoms with Crippen LogP contribution in [-0.4, -0.2) is 113 Å². The molecule has 6 aromatic rings. The van der Waals surface area contributed by atoms with Crippen molar-refractivity contribution in [3.05, 3.63) is 214 Å². The second-order valence-electron chi connectivity index (χ2n) is 22.1. The molecule has 6 aromatic carbocycles. The summed E-state index contributed by atoms with van der Waals surface area (Å²) in [5, 5.41) is 38.2. The van der Waals surface area contributed by atoms with Gasteiger partial charge in [-0.05, 0) is 69.3 Å². The monoisotopic (exact) mass is 1280 g/mol. The van der Waals surface area contributed by atoms with Gasteiger partial charge in [-0.3, -0.25) is 48.3 Å². The molecule has 3 heterocycles. The Labute approximate surface area is 494 Å². The fourth-order valence-corrected chi connectivity index (χ4v) is 9.87. The van der Waals surface area contributed by atoms with Gasteiger partial charge in [0.05, 0.1) is 33.4 Å². The predicted molar refractivity (Wildman–Crippen MR) is 290 cm³/mol. The molecule has 0 fully saturated rings. The summed E-state index contributed by atoms with van der Waals surface area (Å²) in [5.74, 6) is -7.65. The van der Waals surface area contributed by atoms with Gasteiger partial charge in [-0.15, -0.1) is 0 Å². The third-order valence-electron chi connectivity index (χ3n) is 13.4. The van der Waals surface area contributed by atoms with E-state index in [2.05, 4.69) is 0 Å². The summed E-state index contributed by atoms with van der Waals surface area (Å²) in [7, 11) is 0. The Hall–Kier alpha value is -8.13. The molecule has 81 heavy (non-hydrogen) atoms. The molecule has 3 aliphatic heterocycles. The van der Waals surface area contributed by atoms with Crippen LogP contribution in [0.5, 0.6) is 0 Å². The van der Waals surface area contributed by atoms with Crippen LogP contribution in [0, 0.1) is 16.2 Å². The van der Waals surface area contributed by atoms with Gasteiger partial charge in [0.1, 0.15) is 23.5 Å². The summed E-state index contributed by atoms with van der Waals surface area (Å²) >= 11 is 0. The number of benzene rings is 6. The third kappa shape index (κ3) is 13.2. The minimum absolute atomic E-state index is 0. The van der Waals surface area contributed by atoms with Crippen LogP contribution in [0.2, 0.25) is 0 Å². The third-order valence-corrected chi connectivity index (χ3v) is 13.4. The Morgan fingerprint density at radius 3 is 0.605 bits per heavy atom. The largest absolute Gasteiger partial charge is 0.480 e. The van der Waals surface area contributed by atoms with Crippen molar-refractivity contribution in [2.45, 2.75) is 85.9 Å². The first-order chi connectivity index (χ1) is 37.0. The molecule has 0 saturated carbocycles. The van der Waals surface area contributed by atoms with Crippen molar-refractivity contribution in [1.29, 1.82) is 0 Å². The summed E-state index contributed by atoms with van der Waals surface area (Å²) in [6.07, 6.45) is 0. The molecule has 3 aliphatic rings. The van der Waals surface area contributed by atoms with Gasteiger partial charge >= 0.3 is 23.9 Å². The van der Waals surface area contributed by atoms with Crippen molar-refractivity contribution in [2.75, 3.05) is 0 Å². The number of fused-ring (bicyclic) bond motifs is 3. The number of hydrogen-bond acceptors (Lipinski definition) is 10. The number of carbonyl (C=O) groups excluding carboxylic acids is 6.